The second-order valence-electron chi connectivity index (χ2n) is 4.01. The number of amides is 1. The van der Waals surface area contributed by atoms with Gasteiger partial charge in [0.2, 0.25) is 0 Å². The predicted molar refractivity (Wildman–Crippen MR) is 72.2 cm³/mol. The Bertz CT molecular complexity index is 413. The molecule has 0 bridgehead atoms. The number of anilines is 2. The van der Waals surface area contributed by atoms with E-state index in [4.69, 9.17) is 5.73 Å². The van der Waals surface area contributed by atoms with Crippen molar-refractivity contribution in [1.82, 2.24) is 4.90 Å². The van der Waals surface area contributed by atoms with Gasteiger partial charge in [0.1, 0.15) is 0 Å². The van der Waals surface area contributed by atoms with Gasteiger partial charge in [-0.05, 0) is 24.6 Å². The largest absolute Gasteiger partial charge is 0.397 e. The highest BCUT2D eigenvalue weighted by atomic mass is 16.2. The van der Waals surface area contributed by atoms with E-state index in [0.29, 0.717) is 11.3 Å². The van der Waals surface area contributed by atoms with Crippen molar-refractivity contribution in [2.75, 3.05) is 31.7 Å². The molecule has 1 amide bonds. The first-order valence-corrected chi connectivity index (χ1v) is 5.52. The third kappa shape index (κ3) is 3.52. The predicted octanol–water partition coefficient (Wildman–Crippen LogP) is 1.96. The maximum atomic E-state index is 11.7. The lowest BCUT2D eigenvalue weighted by atomic mass is 10.1. The number of hydrogen-bond acceptors (Lipinski definition) is 3. The lowest BCUT2D eigenvalue weighted by molar-refractivity contribution is 0.0827. The fourth-order valence-corrected chi connectivity index (χ4v) is 1.42. The van der Waals surface area contributed by atoms with Gasteiger partial charge in [-0.1, -0.05) is 6.08 Å². The molecule has 4 nitrogen and oxygen atoms in total. The number of rotatable bonds is 5. The van der Waals surface area contributed by atoms with Crippen LogP contribution in [0.1, 0.15) is 16.8 Å². The van der Waals surface area contributed by atoms with Gasteiger partial charge in [-0.15, -0.1) is 6.58 Å². The summed E-state index contributed by atoms with van der Waals surface area (Å²) in [5, 5.41) is 3.19. The molecule has 0 saturated carbocycles. The Morgan fingerprint density at radius 3 is 2.76 bits per heavy atom. The molecule has 17 heavy (non-hydrogen) atoms. The van der Waals surface area contributed by atoms with Gasteiger partial charge in [-0.25, -0.2) is 0 Å². The third-order valence-electron chi connectivity index (χ3n) is 2.37. The number of nitrogen functional groups attached to an aromatic ring is 1. The van der Waals surface area contributed by atoms with Crippen LogP contribution in [0.2, 0.25) is 0 Å². The quantitative estimate of drug-likeness (QED) is 0.464. The smallest absolute Gasteiger partial charge is 0.253 e. The zero-order valence-corrected chi connectivity index (χ0v) is 10.4. The second kappa shape index (κ2) is 5.94. The Labute approximate surface area is 102 Å². The molecule has 0 fully saturated rings. The molecule has 0 atom stereocenters. The Balaban J connectivity index is 2.79. The molecule has 0 aromatic heterocycles. The number of benzene rings is 1. The third-order valence-corrected chi connectivity index (χ3v) is 2.37. The molecule has 92 valence electrons. The van der Waals surface area contributed by atoms with Crippen molar-refractivity contribution in [1.29, 1.82) is 0 Å². The van der Waals surface area contributed by atoms with Crippen molar-refractivity contribution in [3.05, 3.63) is 36.4 Å². The van der Waals surface area contributed by atoms with Gasteiger partial charge >= 0.3 is 0 Å². The first-order valence-electron chi connectivity index (χ1n) is 5.52. The van der Waals surface area contributed by atoms with E-state index in [2.05, 4.69) is 11.9 Å². The zero-order chi connectivity index (χ0) is 12.8. The van der Waals surface area contributed by atoms with Gasteiger partial charge in [-0.2, -0.15) is 0 Å². The lowest BCUT2D eigenvalue weighted by Crippen LogP contribution is -2.21. The van der Waals surface area contributed by atoms with Crippen LogP contribution in [-0.4, -0.2) is 31.4 Å². The summed E-state index contributed by atoms with van der Waals surface area (Å²) in [6.45, 7) is 4.44. The minimum absolute atomic E-state index is 0.0469. The van der Waals surface area contributed by atoms with E-state index in [1.165, 1.54) is 4.90 Å². The average Bonchev–Trinajstić information content (AvgIpc) is 2.30. The summed E-state index contributed by atoms with van der Waals surface area (Å²) in [5.74, 6) is -0.0469. The van der Waals surface area contributed by atoms with Crippen LogP contribution in [0, 0.1) is 0 Å². The Hall–Kier alpha value is -1.97. The summed E-state index contributed by atoms with van der Waals surface area (Å²) in [4.78, 5) is 13.2. The molecule has 0 unspecified atom stereocenters. The lowest BCUT2D eigenvalue weighted by Gasteiger charge is -2.13. The minimum atomic E-state index is -0.0469. The Kier molecular flexibility index (Phi) is 4.57. The molecule has 0 aliphatic heterocycles. The van der Waals surface area contributed by atoms with Gasteiger partial charge < -0.3 is 16.0 Å². The van der Waals surface area contributed by atoms with Crippen LogP contribution >= 0.6 is 0 Å². The normalized spacial score (nSPS) is 9.76. The van der Waals surface area contributed by atoms with Crippen molar-refractivity contribution in [2.24, 2.45) is 0 Å². The van der Waals surface area contributed by atoms with Gasteiger partial charge in [0, 0.05) is 26.2 Å². The van der Waals surface area contributed by atoms with E-state index in [1.807, 2.05) is 12.1 Å². The fourth-order valence-electron chi connectivity index (χ4n) is 1.42. The van der Waals surface area contributed by atoms with Gasteiger partial charge in [0.25, 0.3) is 5.91 Å². The first-order chi connectivity index (χ1) is 8.06. The molecule has 0 aliphatic rings. The summed E-state index contributed by atoms with van der Waals surface area (Å²) in [6, 6.07) is 5.29. The maximum absolute atomic E-state index is 11.7. The highest BCUT2D eigenvalue weighted by Crippen LogP contribution is 2.20. The van der Waals surface area contributed by atoms with Crippen LogP contribution in [0.5, 0.6) is 0 Å². The molecule has 0 saturated heterocycles. The molecule has 1 rings (SSSR count). The topological polar surface area (TPSA) is 58.4 Å². The molecule has 0 spiro atoms. The van der Waals surface area contributed by atoms with Crippen LogP contribution < -0.4 is 11.1 Å². The highest BCUT2D eigenvalue weighted by Gasteiger charge is 2.09. The van der Waals surface area contributed by atoms with Crippen LogP contribution in [0.4, 0.5) is 11.4 Å². The van der Waals surface area contributed by atoms with Gasteiger partial charge in [-0.3, -0.25) is 4.79 Å². The van der Waals surface area contributed by atoms with E-state index in [1.54, 1.807) is 26.2 Å². The van der Waals surface area contributed by atoms with Crippen LogP contribution in [-0.2, 0) is 0 Å². The molecule has 1 aromatic carbocycles. The summed E-state index contributed by atoms with van der Waals surface area (Å²) < 4.78 is 0. The molecule has 0 heterocycles. The van der Waals surface area contributed by atoms with Crippen molar-refractivity contribution < 1.29 is 4.79 Å². The molecule has 4 heteroatoms. The number of nitrogens with zero attached hydrogens (tertiary/aromatic N) is 1. The summed E-state index contributed by atoms with van der Waals surface area (Å²) in [7, 11) is 3.43. The first kappa shape index (κ1) is 13.1. The van der Waals surface area contributed by atoms with Crippen molar-refractivity contribution in [3.63, 3.8) is 0 Å². The number of carbonyl (C=O) groups excluding carboxylic acids is 1. The van der Waals surface area contributed by atoms with Crippen LogP contribution in [0.15, 0.2) is 30.9 Å². The molecule has 1 aromatic rings. The minimum Gasteiger partial charge on any atom is -0.397 e. The van der Waals surface area contributed by atoms with Crippen molar-refractivity contribution in [3.8, 4) is 0 Å². The van der Waals surface area contributed by atoms with Crippen LogP contribution in [0.25, 0.3) is 0 Å². The van der Waals surface area contributed by atoms with Gasteiger partial charge in [0.05, 0.1) is 11.4 Å². The highest BCUT2D eigenvalue weighted by molar-refractivity contribution is 5.95. The second-order valence-corrected chi connectivity index (χ2v) is 4.01. The SMILES string of the molecule is C=CCCNc1ccc(C(=O)N(C)C)cc1N. The Morgan fingerprint density at radius 1 is 1.53 bits per heavy atom. The number of hydrogen-bond donors (Lipinski definition) is 2. The molecule has 3 N–H and O–H groups in total. The summed E-state index contributed by atoms with van der Waals surface area (Å²) in [6.07, 6.45) is 2.71. The summed E-state index contributed by atoms with van der Waals surface area (Å²) >= 11 is 0. The number of nitrogens with one attached hydrogen (secondary N) is 1. The average molecular weight is 233 g/mol. The van der Waals surface area contributed by atoms with Crippen LogP contribution in [0.3, 0.4) is 0 Å². The number of nitrogens with two attached hydrogens (primary N) is 1. The van der Waals surface area contributed by atoms with Crippen molar-refractivity contribution >= 4 is 17.3 Å². The van der Waals surface area contributed by atoms with E-state index in [9.17, 15) is 4.79 Å². The molecular weight excluding hydrogens is 214 g/mol. The monoisotopic (exact) mass is 233 g/mol. The van der Waals surface area contributed by atoms with E-state index >= 15 is 0 Å². The van der Waals surface area contributed by atoms with Crippen molar-refractivity contribution in [2.45, 2.75) is 6.42 Å². The Morgan fingerprint density at radius 2 is 2.24 bits per heavy atom. The number of carbonyl (C=O) groups is 1. The van der Waals surface area contributed by atoms with E-state index < -0.39 is 0 Å². The standard InChI is InChI=1S/C13H19N3O/c1-4-5-8-15-12-7-6-10(9-11(12)14)13(17)16(2)3/h4,6-7,9,15H,1,5,8,14H2,2-3H3. The van der Waals surface area contributed by atoms with E-state index in [0.717, 1.165) is 18.7 Å². The van der Waals surface area contributed by atoms with Gasteiger partial charge in [0.15, 0.2) is 0 Å². The molecule has 0 radical (unpaired) electrons. The fraction of sp³-hybridized carbons (Fsp3) is 0.308. The maximum Gasteiger partial charge on any atom is 0.253 e. The molecule has 0 aliphatic carbocycles. The summed E-state index contributed by atoms with van der Waals surface area (Å²) in [5.41, 5.74) is 7.92. The molecular formula is C13H19N3O. The van der Waals surface area contributed by atoms with E-state index in [-0.39, 0.29) is 5.91 Å². The zero-order valence-electron chi connectivity index (χ0n) is 10.4.